The molecule has 3 heterocycles. The lowest BCUT2D eigenvalue weighted by Gasteiger charge is -2.35. The van der Waals surface area contributed by atoms with Gasteiger partial charge in [-0.15, -0.1) is 0 Å². The van der Waals surface area contributed by atoms with Gasteiger partial charge in [0.25, 0.3) is 0 Å². The molecule has 9 nitrogen and oxygen atoms in total. The lowest BCUT2D eigenvalue weighted by Crippen LogP contribution is -2.31. The van der Waals surface area contributed by atoms with E-state index in [0.29, 0.717) is 12.4 Å². The Morgan fingerprint density at radius 3 is 2.54 bits per heavy atom. The van der Waals surface area contributed by atoms with Gasteiger partial charge in [0.1, 0.15) is 17.2 Å². The van der Waals surface area contributed by atoms with Crippen LogP contribution >= 0.6 is 0 Å². The third kappa shape index (κ3) is 3.49. The number of rotatable bonds is 6. The first-order valence-corrected chi connectivity index (χ1v) is 8.80. The van der Waals surface area contributed by atoms with Gasteiger partial charge in [-0.1, -0.05) is 0 Å². The lowest BCUT2D eigenvalue weighted by molar-refractivity contribution is -0.137. The Kier molecular flexibility index (Phi) is 4.61. The molecule has 0 saturated heterocycles. The van der Waals surface area contributed by atoms with Crippen LogP contribution in [0.1, 0.15) is 37.4 Å². The topological polar surface area (TPSA) is 98.4 Å². The summed E-state index contributed by atoms with van der Waals surface area (Å²) in [7, 11) is 0. The summed E-state index contributed by atoms with van der Waals surface area (Å²) < 4.78 is 41.1. The molecule has 2 N–H and O–H groups in total. The molecule has 3 aromatic heterocycles. The van der Waals surface area contributed by atoms with Gasteiger partial charge in [0.2, 0.25) is 5.95 Å². The maximum atomic E-state index is 13.1. The Hall–Kier alpha value is -3.18. The van der Waals surface area contributed by atoms with Gasteiger partial charge in [0, 0.05) is 18.8 Å². The molecule has 1 fully saturated rings. The van der Waals surface area contributed by atoms with Crippen molar-refractivity contribution in [3.63, 3.8) is 0 Å². The molecule has 3 aromatic rings. The van der Waals surface area contributed by atoms with E-state index in [4.69, 9.17) is 0 Å². The molecule has 0 amide bonds. The summed E-state index contributed by atoms with van der Waals surface area (Å²) in [5, 5.41) is 18.2. The first kappa shape index (κ1) is 18.2. The second kappa shape index (κ2) is 7.09. The summed E-state index contributed by atoms with van der Waals surface area (Å²) >= 11 is 0. The smallest absolute Gasteiger partial charge is 0.370 e. The van der Waals surface area contributed by atoms with Gasteiger partial charge < -0.3 is 10.6 Å². The van der Waals surface area contributed by atoms with Crippen LogP contribution < -0.4 is 10.6 Å². The Balaban J connectivity index is 1.50. The summed E-state index contributed by atoms with van der Waals surface area (Å²) in [6, 6.07) is 2.07. The number of aromatic nitrogens is 7. The molecule has 1 aliphatic rings. The maximum absolute atomic E-state index is 13.1. The van der Waals surface area contributed by atoms with Crippen molar-refractivity contribution in [3.8, 4) is 0 Å². The average Bonchev–Trinajstić information content (AvgIpc) is 3.26. The van der Waals surface area contributed by atoms with Crippen molar-refractivity contribution in [1.29, 1.82) is 0 Å². The Bertz CT molecular complexity index is 929. The molecular weight excluding hydrogens is 375 g/mol. The van der Waals surface area contributed by atoms with Crippen LogP contribution in [0.5, 0.6) is 0 Å². The quantitative estimate of drug-likeness (QED) is 0.664. The Morgan fingerprint density at radius 1 is 1.11 bits per heavy atom. The van der Waals surface area contributed by atoms with Crippen LogP contribution in [0, 0.1) is 0 Å². The van der Waals surface area contributed by atoms with Crippen LogP contribution in [0.2, 0.25) is 0 Å². The van der Waals surface area contributed by atoms with Crippen molar-refractivity contribution in [1.82, 2.24) is 34.7 Å². The largest absolute Gasteiger partial charge is 0.421 e. The van der Waals surface area contributed by atoms with Crippen molar-refractivity contribution in [2.45, 2.75) is 38.0 Å². The third-order valence-corrected chi connectivity index (χ3v) is 4.55. The summed E-state index contributed by atoms with van der Waals surface area (Å²) in [6.45, 7) is 2.01. The Labute approximate surface area is 158 Å². The number of halogens is 3. The summed E-state index contributed by atoms with van der Waals surface area (Å²) in [4.78, 5) is 9.48. The molecule has 0 bridgehead atoms. The van der Waals surface area contributed by atoms with Gasteiger partial charge in [-0.2, -0.15) is 38.2 Å². The number of nitrogens with one attached hydrogen (secondary N) is 2. The van der Waals surface area contributed by atoms with Gasteiger partial charge in [0.15, 0.2) is 0 Å². The summed E-state index contributed by atoms with van der Waals surface area (Å²) in [5.74, 6) is 0.418. The third-order valence-electron chi connectivity index (χ3n) is 4.55. The standard InChI is InChI=1S/C16H18F3N9/c1-2-20-14-12(16(17,18)19)9-21-15(26-14)25-13-3-4-22-27(13)10-7-11(8-10)28-23-5-6-24-28/h3-6,9-11H,2,7-8H2,1H3,(H2,20,21,25,26). The minimum Gasteiger partial charge on any atom is -0.370 e. The zero-order valence-corrected chi connectivity index (χ0v) is 14.9. The molecule has 0 aliphatic heterocycles. The molecular formula is C16H18F3N9. The number of hydrogen-bond acceptors (Lipinski definition) is 7. The van der Waals surface area contributed by atoms with Gasteiger partial charge >= 0.3 is 6.18 Å². The molecule has 28 heavy (non-hydrogen) atoms. The highest BCUT2D eigenvalue weighted by molar-refractivity contribution is 5.54. The highest BCUT2D eigenvalue weighted by atomic mass is 19.4. The molecule has 148 valence electrons. The van der Waals surface area contributed by atoms with Gasteiger partial charge in [-0.05, 0) is 19.8 Å². The molecule has 0 radical (unpaired) electrons. The monoisotopic (exact) mass is 393 g/mol. The van der Waals surface area contributed by atoms with Crippen LogP contribution in [-0.2, 0) is 6.18 Å². The highest BCUT2D eigenvalue weighted by Gasteiger charge is 2.36. The number of alkyl halides is 3. The van der Waals surface area contributed by atoms with Gasteiger partial charge in [0.05, 0.1) is 30.7 Å². The predicted octanol–water partition coefficient (Wildman–Crippen LogP) is 3.04. The predicted molar refractivity (Wildman–Crippen MR) is 94.0 cm³/mol. The summed E-state index contributed by atoms with van der Waals surface area (Å²) in [5.41, 5.74) is -0.901. The van der Waals surface area contributed by atoms with E-state index in [1.165, 1.54) is 0 Å². The van der Waals surface area contributed by atoms with Crippen molar-refractivity contribution in [2.75, 3.05) is 17.2 Å². The van der Waals surface area contributed by atoms with Crippen LogP contribution in [0.25, 0.3) is 0 Å². The van der Waals surface area contributed by atoms with E-state index in [2.05, 4.69) is 35.9 Å². The zero-order valence-electron chi connectivity index (χ0n) is 14.9. The molecule has 0 spiro atoms. The fourth-order valence-corrected chi connectivity index (χ4v) is 3.13. The van der Waals surface area contributed by atoms with Crippen molar-refractivity contribution < 1.29 is 13.2 Å². The van der Waals surface area contributed by atoms with Gasteiger partial charge in [-0.3, -0.25) is 0 Å². The fourth-order valence-electron chi connectivity index (χ4n) is 3.13. The van der Waals surface area contributed by atoms with Crippen LogP contribution in [0.4, 0.5) is 30.8 Å². The van der Waals surface area contributed by atoms with Crippen molar-refractivity contribution >= 4 is 17.6 Å². The maximum Gasteiger partial charge on any atom is 0.421 e. The average molecular weight is 393 g/mol. The molecule has 12 heteroatoms. The fraction of sp³-hybridized carbons (Fsp3) is 0.438. The molecule has 0 unspecified atom stereocenters. The van der Waals surface area contributed by atoms with E-state index in [-0.39, 0.29) is 23.8 Å². The first-order valence-electron chi connectivity index (χ1n) is 8.80. The number of anilines is 3. The van der Waals surface area contributed by atoms with Crippen molar-refractivity contribution in [2.24, 2.45) is 0 Å². The molecule has 0 aromatic carbocycles. The number of nitrogens with zero attached hydrogens (tertiary/aromatic N) is 7. The van der Waals surface area contributed by atoms with E-state index < -0.39 is 11.7 Å². The van der Waals surface area contributed by atoms with Crippen LogP contribution in [0.3, 0.4) is 0 Å². The van der Waals surface area contributed by atoms with E-state index in [1.54, 1.807) is 41.1 Å². The minimum atomic E-state index is -4.53. The van der Waals surface area contributed by atoms with E-state index in [0.717, 1.165) is 19.0 Å². The van der Waals surface area contributed by atoms with Crippen LogP contribution in [0.15, 0.2) is 30.9 Å². The second-order valence-electron chi connectivity index (χ2n) is 6.40. The van der Waals surface area contributed by atoms with Crippen molar-refractivity contribution in [3.05, 3.63) is 36.4 Å². The second-order valence-corrected chi connectivity index (χ2v) is 6.40. The molecule has 4 rings (SSSR count). The minimum absolute atomic E-state index is 0.0651. The Morgan fingerprint density at radius 2 is 1.86 bits per heavy atom. The van der Waals surface area contributed by atoms with E-state index >= 15 is 0 Å². The molecule has 1 aliphatic carbocycles. The van der Waals surface area contributed by atoms with Crippen LogP contribution in [-0.4, -0.2) is 41.3 Å². The lowest BCUT2D eigenvalue weighted by atomic mass is 9.87. The first-order chi connectivity index (χ1) is 13.5. The zero-order chi connectivity index (χ0) is 19.7. The molecule has 1 saturated carbocycles. The van der Waals surface area contributed by atoms with Gasteiger partial charge in [-0.25, -0.2) is 9.67 Å². The van der Waals surface area contributed by atoms with E-state index in [1.807, 2.05) is 0 Å². The molecule has 0 atom stereocenters. The number of hydrogen-bond donors (Lipinski definition) is 2. The normalized spacial score (nSPS) is 19.3. The van der Waals surface area contributed by atoms with E-state index in [9.17, 15) is 13.2 Å². The SMILES string of the molecule is CCNc1nc(Nc2ccnn2C2CC(n3nccn3)C2)ncc1C(F)(F)F. The summed E-state index contributed by atoms with van der Waals surface area (Å²) in [6.07, 6.45) is 2.76. The highest BCUT2D eigenvalue weighted by Crippen LogP contribution is 2.41.